The van der Waals surface area contributed by atoms with Gasteiger partial charge in [0.2, 0.25) is 11.8 Å². The Morgan fingerprint density at radius 3 is 2.31 bits per heavy atom. The van der Waals surface area contributed by atoms with Gasteiger partial charge in [-0.1, -0.05) is 23.2 Å². The number of halogens is 2. The number of carboxylic acids is 1. The molecule has 2 saturated heterocycles. The van der Waals surface area contributed by atoms with Crippen LogP contribution in [-0.4, -0.2) is 33.5 Å². The van der Waals surface area contributed by atoms with Gasteiger partial charge in [0.1, 0.15) is 11.3 Å². The van der Waals surface area contributed by atoms with Gasteiger partial charge in [0.05, 0.1) is 17.5 Å². The molecule has 0 aliphatic carbocycles. The van der Waals surface area contributed by atoms with Crippen molar-refractivity contribution in [2.75, 3.05) is 4.90 Å². The molecule has 0 saturated carbocycles. The predicted octanol–water partition coefficient (Wildman–Crippen LogP) is 2.99. The van der Waals surface area contributed by atoms with E-state index in [0.29, 0.717) is 15.7 Å². The normalized spacial score (nSPS) is 28.7. The summed E-state index contributed by atoms with van der Waals surface area (Å²) in [6.07, 6.45) is 0. The van der Waals surface area contributed by atoms with Crippen LogP contribution in [0, 0.1) is 11.8 Å². The van der Waals surface area contributed by atoms with Crippen molar-refractivity contribution in [3.8, 4) is 5.75 Å². The summed E-state index contributed by atoms with van der Waals surface area (Å²) in [7, 11) is 0. The average molecular weight is 435 g/mol. The van der Waals surface area contributed by atoms with Crippen molar-refractivity contribution < 1.29 is 24.6 Å². The third-order valence-electron chi connectivity index (χ3n) is 5.64. The summed E-state index contributed by atoms with van der Waals surface area (Å²) >= 11 is 11.9. The Hall–Kier alpha value is -2.61. The fourth-order valence-corrected chi connectivity index (χ4v) is 4.53. The zero-order valence-corrected chi connectivity index (χ0v) is 16.6. The van der Waals surface area contributed by atoms with Gasteiger partial charge in [0.25, 0.3) is 0 Å². The molecule has 2 aliphatic heterocycles. The summed E-state index contributed by atoms with van der Waals surface area (Å²) < 4.78 is 0. The van der Waals surface area contributed by atoms with E-state index in [2.05, 4.69) is 5.32 Å². The van der Waals surface area contributed by atoms with E-state index in [-0.39, 0.29) is 11.3 Å². The van der Waals surface area contributed by atoms with E-state index in [1.54, 1.807) is 12.1 Å². The average Bonchev–Trinajstić information content (AvgIpc) is 3.13. The standard InChI is InChI=1S/C20H16Cl2N2O5/c1-20(19(28)29)15-14(16(23-20)12-8-10(22)4-7-13(12)25)17(26)24(18(15)27)11-5-2-9(21)3-6-11/h2-8,14-16,23,25H,1H3,(H,28,29)/t14-,15+,16-,20+/m1/s1. The monoisotopic (exact) mass is 434 g/mol. The van der Waals surface area contributed by atoms with Crippen LogP contribution < -0.4 is 10.2 Å². The number of nitrogens with one attached hydrogen (secondary N) is 1. The molecule has 3 N–H and O–H groups in total. The van der Waals surface area contributed by atoms with Crippen LogP contribution in [0.3, 0.4) is 0 Å². The van der Waals surface area contributed by atoms with Crippen molar-refractivity contribution in [2.24, 2.45) is 11.8 Å². The first-order valence-electron chi connectivity index (χ1n) is 8.78. The van der Waals surface area contributed by atoms with Crippen LogP contribution in [0.1, 0.15) is 18.5 Å². The lowest BCUT2D eigenvalue weighted by molar-refractivity contribution is -0.147. The van der Waals surface area contributed by atoms with E-state index in [4.69, 9.17) is 23.2 Å². The summed E-state index contributed by atoms with van der Waals surface area (Å²) in [5, 5.41) is 23.8. The molecule has 2 aromatic rings. The minimum Gasteiger partial charge on any atom is -0.508 e. The van der Waals surface area contributed by atoms with Crippen LogP contribution in [0.2, 0.25) is 10.0 Å². The molecule has 2 amide bonds. The highest BCUT2D eigenvalue weighted by molar-refractivity contribution is 6.31. The molecule has 0 aromatic heterocycles. The van der Waals surface area contributed by atoms with Crippen LogP contribution in [0.5, 0.6) is 5.75 Å². The number of amides is 2. The lowest BCUT2D eigenvalue weighted by Crippen LogP contribution is -2.53. The van der Waals surface area contributed by atoms with E-state index in [1.807, 2.05) is 0 Å². The van der Waals surface area contributed by atoms with E-state index in [1.165, 1.54) is 37.3 Å². The van der Waals surface area contributed by atoms with E-state index < -0.39 is 41.2 Å². The van der Waals surface area contributed by atoms with Crippen LogP contribution in [0.4, 0.5) is 5.69 Å². The van der Waals surface area contributed by atoms with Crippen LogP contribution in [0.15, 0.2) is 42.5 Å². The smallest absolute Gasteiger partial charge is 0.324 e. The summed E-state index contributed by atoms with van der Waals surface area (Å²) in [5.41, 5.74) is -1.14. The molecule has 2 heterocycles. The number of aromatic hydroxyl groups is 1. The number of carbonyl (C=O) groups is 3. The number of rotatable bonds is 3. The maximum atomic E-state index is 13.3. The maximum absolute atomic E-state index is 13.3. The zero-order chi connectivity index (χ0) is 21.1. The maximum Gasteiger partial charge on any atom is 0.324 e. The number of aliphatic carboxylic acids is 1. The number of fused-ring (bicyclic) bond motifs is 1. The Morgan fingerprint density at radius 1 is 1.07 bits per heavy atom. The quantitative estimate of drug-likeness (QED) is 0.640. The number of benzene rings is 2. The first-order valence-corrected chi connectivity index (χ1v) is 9.53. The predicted molar refractivity (Wildman–Crippen MR) is 106 cm³/mol. The topological polar surface area (TPSA) is 107 Å². The van der Waals surface area contributed by atoms with E-state index >= 15 is 0 Å². The van der Waals surface area contributed by atoms with Gasteiger partial charge in [0, 0.05) is 21.7 Å². The van der Waals surface area contributed by atoms with Gasteiger partial charge in [-0.05, 0) is 49.4 Å². The van der Waals surface area contributed by atoms with Gasteiger partial charge in [-0.25, -0.2) is 4.90 Å². The fourth-order valence-electron chi connectivity index (χ4n) is 4.22. The van der Waals surface area contributed by atoms with Crippen molar-refractivity contribution in [2.45, 2.75) is 18.5 Å². The Kier molecular flexibility index (Phi) is 4.57. The third kappa shape index (κ3) is 2.88. The molecule has 9 heteroatoms. The molecule has 0 radical (unpaired) electrons. The van der Waals surface area contributed by atoms with E-state index in [0.717, 1.165) is 4.90 Å². The molecule has 2 fully saturated rings. The summed E-state index contributed by atoms with van der Waals surface area (Å²) in [4.78, 5) is 39.6. The van der Waals surface area contributed by atoms with Crippen molar-refractivity contribution in [3.63, 3.8) is 0 Å². The molecule has 0 spiro atoms. The van der Waals surface area contributed by atoms with Crippen molar-refractivity contribution in [1.82, 2.24) is 5.32 Å². The van der Waals surface area contributed by atoms with Crippen molar-refractivity contribution in [3.05, 3.63) is 58.1 Å². The molecule has 4 rings (SSSR count). The van der Waals surface area contributed by atoms with Gasteiger partial charge < -0.3 is 10.2 Å². The van der Waals surface area contributed by atoms with Gasteiger partial charge in [-0.15, -0.1) is 0 Å². The lowest BCUT2D eigenvalue weighted by atomic mass is 9.80. The molecule has 2 aliphatic rings. The minimum atomic E-state index is -1.71. The highest BCUT2D eigenvalue weighted by Crippen LogP contribution is 2.51. The highest BCUT2D eigenvalue weighted by Gasteiger charge is 2.67. The summed E-state index contributed by atoms with van der Waals surface area (Å²) in [6, 6.07) is 9.53. The lowest BCUT2D eigenvalue weighted by Gasteiger charge is -2.27. The Balaban J connectivity index is 1.85. The molecule has 150 valence electrons. The summed E-state index contributed by atoms with van der Waals surface area (Å²) in [6.45, 7) is 1.37. The van der Waals surface area contributed by atoms with Gasteiger partial charge in [0.15, 0.2) is 0 Å². The van der Waals surface area contributed by atoms with Gasteiger partial charge >= 0.3 is 5.97 Å². The number of phenolic OH excluding ortho intramolecular Hbond substituents is 1. The molecule has 2 aromatic carbocycles. The number of hydrogen-bond acceptors (Lipinski definition) is 5. The van der Waals surface area contributed by atoms with Gasteiger partial charge in [-0.2, -0.15) is 0 Å². The zero-order valence-electron chi connectivity index (χ0n) is 15.1. The van der Waals surface area contributed by atoms with Crippen LogP contribution in [-0.2, 0) is 14.4 Å². The second kappa shape index (κ2) is 6.73. The van der Waals surface area contributed by atoms with Gasteiger partial charge in [-0.3, -0.25) is 19.7 Å². The molecule has 4 atom stereocenters. The first kappa shape index (κ1) is 19.7. The Labute approximate surface area is 175 Å². The second-order valence-electron chi connectivity index (χ2n) is 7.32. The number of nitrogens with zero attached hydrogens (tertiary/aromatic N) is 1. The number of hydrogen-bond donors (Lipinski definition) is 3. The number of carboxylic acid groups (broad SMARTS) is 1. The fraction of sp³-hybridized carbons (Fsp3) is 0.250. The summed E-state index contributed by atoms with van der Waals surface area (Å²) in [5.74, 6) is -4.77. The third-order valence-corrected chi connectivity index (χ3v) is 6.13. The number of anilines is 1. The minimum absolute atomic E-state index is 0.148. The van der Waals surface area contributed by atoms with Crippen LogP contribution >= 0.6 is 23.2 Å². The van der Waals surface area contributed by atoms with Crippen molar-refractivity contribution >= 4 is 46.7 Å². The van der Waals surface area contributed by atoms with E-state index in [9.17, 15) is 24.6 Å². The molecule has 0 bridgehead atoms. The second-order valence-corrected chi connectivity index (χ2v) is 8.20. The molecule has 29 heavy (non-hydrogen) atoms. The largest absolute Gasteiger partial charge is 0.508 e. The molecular weight excluding hydrogens is 419 g/mol. The SMILES string of the molecule is C[C@]1(C(=O)O)N[C@H](c2cc(Cl)ccc2O)[C@@H]2C(=O)N(c3ccc(Cl)cc3)C(=O)[C@H]21. The number of phenols is 1. The number of imide groups is 1. The highest BCUT2D eigenvalue weighted by atomic mass is 35.5. The first-order chi connectivity index (χ1) is 13.6. The van der Waals surface area contributed by atoms with Crippen molar-refractivity contribution in [1.29, 1.82) is 0 Å². The van der Waals surface area contributed by atoms with Crippen LogP contribution in [0.25, 0.3) is 0 Å². The molecule has 0 unspecified atom stereocenters. The molecular formula is C20H16Cl2N2O5. The molecule has 7 nitrogen and oxygen atoms in total. The Bertz CT molecular complexity index is 1040. The number of carbonyl (C=O) groups excluding carboxylic acids is 2. The Morgan fingerprint density at radius 2 is 1.69 bits per heavy atom.